The van der Waals surface area contributed by atoms with E-state index < -0.39 is 0 Å². The van der Waals surface area contributed by atoms with Gasteiger partial charge in [0.05, 0.1) is 12.6 Å². The molecular formula is C16H22ClNO2S. The van der Waals surface area contributed by atoms with E-state index in [1.165, 1.54) is 0 Å². The fourth-order valence-electron chi connectivity index (χ4n) is 2.63. The molecule has 1 fully saturated rings. The first kappa shape index (κ1) is 16.7. The van der Waals surface area contributed by atoms with Gasteiger partial charge in [-0.1, -0.05) is 24.4 Å². The molecule has 0 saturated carbocycles. The number of carbonyl (C=O) groups excluding carboxylic acids is 1. The van der Waals surface area contributed by atoms with E-state index in [-0.39, 0.29) is 18.6 Å². The standard InChI is InChI=1S/C16H22ClNO2S/c17-13-5-7-15(8-6-13)21-11-9-16(20)18-10-3-1-2-4-14(18)12-19/h5-8,14,19H,1-4,9-12H2. The number of rotatable bonds is 5. The topological polar surface area (TPSA) is 40.5 Å². The van der Waals surface area contributed by atoms with Gasteiger partial charge in [0, 0.05) is 28.6 Å². The zero-order valence-corrected chi connectivity index (χ0v) is 13.7. The summed E-state index contributed by atoms with van der Waals surface area (Å²) in [6, 6.07) is 7.69. The number of nitrogens with zero attached hydrogens (tertiary/aromatic N) is 1. The average molecular weight is 328 g/mol. The van der Waals surface area contributed by atoms with Crippen molar-refractivity contribution in [2.45, 2.75) is 43.0 Å². The maximum absolute atomic E-state index is 12.3. The summed E-state index contributed by atoms with van der Waals surface area (Å²) in [5.41, 5.74) is 0. The van der Waals surface area contributed by atoms with Gasteiger partial charge in [0.1, 0.15) is 0 Å². The summed E-state index contributed by atoms with van der Waals surface area (Å²) in [6.45, 7) is 0.867. The van der Waals surface area contributed by atoms with Crippen LogP contribution in [0.2, 0.25) is 5.02 Å². The van der Waals surface area contributed by atoms with Crippen molar-refractivity contribution in [3.8, 4) is 0 Å². The number of halogens is 1. The molecule has 1 aliphatic rings. The Labute approximate surface area is 135 Å². The molecular weight excluding hydrogens is 306 g/mol. The van der Waals surface area contributed by atoms with Crippen molar-refractivity contribution in [3.63, 3.8) is 0 Å². The third-order valence-electron chi connectivity index (χ3n) is 3.81. The Morgan fingerprint density at radius 2 is 2.05 bits per heavy atom. The minimum Gasteiger partial charge on any atom is -0.394 e. The lowest BCUT2D eigenvalue weighted by atomic mass is 10.1. The minimum atomic E-state index is 0.0144. The van der Waals surface area contributed by atoms with Crippen LogP contribution in [0.25, 0.3) is 0 Å². The molecule has 1 saturated heterocycles. The van der Waals surface area contributed by atoms with E-state index in [0.29, 0.717) is 6.42 Å². The number of aliphatic hydroxyl groups excluding tert-OH is 1. The van der Waals surface area contributed by atoms with Crippen LogP contribution in [0.5, 0.6) is 0 Å². The van der Waals surface area contributed by atoms with Gasteiger partial charge in [0.25, 0.3) is 0 Å². The van der Waals surface area contributed by atoms with E-state index in [0.717, 1.165) is 47.9 Å². The van der Waals surface area contributed by atoms with E-state index in [2.05, 4.69) is 0 Å². The highest BCUT2D eigenvalue weighted by atomic mass is 35.5. The highest BCUT2D eigenvalue weighted by Gasteiger charge is 2.24. The van der Waals surface area contributed by atoms with Crippen LogP contribution >= 0.6 is 23.4 Å². The van der Waals surface area contributed by atoms with Gasteiger partial charge in [-0.2, -0.15) is 0 Å². The first-order valence-electron chi connectivity index (χ1n) is 7.49. The lowest BCUT2D eigenvalue weighted by molar-refractivity contribution is -0.133. The lowest BCUT2D eigenvalue weighted by Crippen LogP contribution is -2.42. The third-order valence-corrected chi connectivity index (χ3v) is 5.07. The van der Waals surface area contributed by atoms with Crippen LogP contribution in [0.1, 0.15) is 32.1 Å². The molecule has 0 spiro atoms. The molecule has 1 heterocycles. The van der Waals surface area contributed by atoms with Crippen molar-refractivity contribution in [2.24, 2.45) is 0 Å². The Morgan fingerprint density at radius 3 is 2.76 bits per heavy atom. The Hall–Kier alpha value is -0.710. The summed E-state index contributed by atoms with van der Waals surface area (Å²) < 4.78 is 0. The minimum absolute atomic E-state index is 0.0144. The maximum Gasteiger partial charge on any atom is 0.223 e. The summed E-state index contributed by atoms with van der Waals surface area (Å²) in [4.78, 5) is 15.4. The number of amides is 1. The fraction of sp³-hybridized carbons (Fsp3) is 0.562. The molecule has 1 N–H and O–H groups in total. The molecule has 21 heavy (non-hydrogen) atoms. The Morgan fingerprint density at radius 1 is 1.29 bits per heavy atom. The zero-order chi connectivity index (χ0) is 15.1. The number of benzene rings is 1. The Balaban J connectivity index is 1.81. The van der Waals surface area contributed by atoms with Crippen molar-refractivity contribution in [1.82, 2.24) is 4.90 Å². The predicted molar refractivity (Wildman–Crippen MR) is 87.8 cm³/mol. The van der Waals surface area contributed by atoms with Gasteiger partial charge in [-0.25, -0.2) is 0 Å². The molecule has 1 amide bonds. The monoisotopic (exact) mass is 327 g/mol. The Bertz CT molecular complexity index is 452. The summed E-state index contributed by atoms with van der Waals surface area (Å²) >= 11 is 7.52. The second kappa shape index (κ2) is 8.66. The van der Waals surface area contributed by atoms with E-state index in [4.69, 9.17) is 11.6 Å². The molecule has 0 radical (unpaired) electrons. The predicted octanol–water partition coefficient (Wildman–Crippen LogP) is 3.59. The number of likely N-dealkylation sites (tertiary alicyclic amines) is 1. The first-order valence-corrected chi connectivity index (χ1v) is 8.86. The smallest absolute Gasteiger partial charge is 0.223 e. The zero-order valence-electron chi connectivity index (χ0n) is 12.1. The van der Waals surface area contributed by atoms with E-state index >= 15 is 0 Å². The largest absolute Gasteiger partial charge is 0.394 e. The maximum atomic E-state index is 12.3. The normalized spacial score (nSPS) is 19.3. The molecule has 3 nitrogen and oxygen atoms in total. The highest BCUT2D eigenvalue weighted by molar-refractivity contribution is 7.99. The van der Waals surface area contributed by atoms with Crippen LogP contribution in [0.3, 0.4) is 0 Å². The van der Waals surface area contributed by atoms with Crippen LogP contribution in [-0.4, -0.2) is 40.9 Å². The van der Waals surface area contributed by atoms with E-state index in [9.17, 15) is 9.90 Å². The van der Waals surface area contributed by atoms with E-state index in [1.807, 2.05) is 29.2 Å². The molecule has 1 aromatic carbocycles. The molecule has 0 aliphatic carbocycles. The Kier molecular flexibility index (Phi) is 6.87. The molecule has 116 valence electrons. The van der Waals surface area contributed by atoms with Gasteiger partial charge >= 0.3 is 0 Å². The first-order chi connectivity index (χ1) is 10.2. The van der Waals surface area contributed by atoms with Gasteiger partial charge < -0.3 is 10.0 Å². The molecule has 0 bridgehead atoms. The quantitative estimate of drug-likeness (QED) is 0.840. The molecule has 0 aromatic heterocycles. The highest BCUT2D eigenvalue weighted by Crippen LogP contribution is 2.22. The fourth-order valence-corrected chi connectivity index (χ4v) is 3.59. The van der Waals surface area contributed by atoms with Crippen LogP contribution in [-0.2, 0) is 4.79 Å². The summed E-state index contributed by atoms with van der Waals surface area (Å²) in [5, 5.41) is 10.2. The number of aliphatic hydroxyl groups is 1. The van der Waals surface area contributed by atoms with Crippen molar-refractivity contribution in [3.05, 3.63) is 29.3 Å². The second-order valence-electron chi connectivity index (χ2n) is 5.33. The molecule has 1 aliphatic heterocycles. The van der Waals surface area contributed by atoms with Crippen molar-refractivity contribution in [1.29, 1.82) is 0 Å². The van der Waals surface area contributed by atoms with Gasteiger partial charge in [-0.15, -0.1) is 11.8 Å². The average Bonchev–Trinajstić information content (AvgIpc) is 2.74. The molecule has 1 unspecified atom stereocenters. The summed E-state index contributed by atoms with van der Waals surface area (Å²) in [7, 11) is 0. The van der Waals surface area contributed by atoms with Crippen LogP contribution in [0.4, 0.5) is 0 Å². The molecule has 5 heteroatoms. The molecule has 2 rings (SSSR count). The van der Waals surface area contributed by atoms with Crippen LogP contribution in [0.15, 0.2) is 29.2 Å². The second-order valence-corrected chi connectivity index (χ2v) is 6.93. The van der Waals surface area contributed by atoms with Crippen molar-refractivity contribution < 1.29 is 9.90 Å². The third kappa shape index (κ3) is 5.20. The van der Waals surface area contributed by atoms with Gasteiger partial charge in [-0.3, -0.25) is 4.79 Å². The van der Waals surface area contributed by atoms with Crippen LogP contribution < -0.4 is 0 Å². The summed E-state index contributed by atoms with van der Waals surface area (Å²) in [5.74, 6) is 0.923. The lowest BCUT2D eigenvalue weighted by Gasteiger charge is -2.28. The molecule has 1 aromatic rings. The van der Waals surface area contributed by atoms with Gasteiger partial charge in [-0.05, 0) is 37.1 Å². The number of thioether (sulfide) groups is 1. The van der Waals surface area contributed by atoms with Crippen molar-refractivity contribution >= 4 is 29.3 Å². The van der Waals surface area contributed by atoms with Crippen molar-refractivity contribution in [2.75, 3.05) is 18.9 Å². The SMILES string of the molecule is O=C(CCSc1ccc(Cl)cc1)N1CCCCCC1CO. The van der Waals surface area contributed by atoms with E-state index in [1.54, 1.807) is 11.8 Å². The van der Waals surface area contributed by atoms with Crippen LogP contribution in [0, 0.1) is 0 Å². The molecule has 1 atom stereocenters. The number of carbonyl (C=O) groups is 1. The van der Waals surface area contributed by atoms with Gasteiger partial charge in [0.15, 0.2) is 0 Å². The number of hydrogen-bond acceptors (Lipinski definition) is 3. The number of hydrogen-bond donors (Lipinski definition) is 1. The van der Waals surface area contributed by atoms with Gasteiger partial charge in [0.2, 0.25) is 5.91 Å². The summed E-state index contributed by atoms with van der Waals surface area (Å²) in [6.07, 6.45) is 4.75.